The van der Waals surface area contributed by atoms with Crippen molar-refractivity contribution in [2.24, 2.45) is 0 Å². The van der Waals surface area contributed by atoms with Crippen molar-refractivity contribution in [3.8, 4) is 16.9 Å². The zero-order chi connectivity index (χ0) is 23.0. The summed E-state index contributed by atoms with van der Waals surface area (Å²) >= 11 is 0. The lowest BCUT2D eigenvalue weighted by Crippen LogP contribution is -2.57. The van der Waals surface area contributed by atoms with Crippen LogP contribution in [0.4, 0.5) is 4.79 Å². The summed E-state index contributed by atoms with van der Waals surface area (Å²) in [7, 11) is -3.33. The third kappa shape index (κ3) is 5.75. The second-order valence-corrected chi connectivity index (χ2v) is 10.5. The lowest BCUT2D eigenvalue weighted by atomic mass is 10.0. The lowest BCUT2D eigenvalue weighted by molar-refractivity contribution is -0.0221. The highest BCUT2D eigenvalue weighted by atomic mass is 32.2. The lowest BCUT2D eigenvalue weighted by Gasteiger charge is -2.39. The molecule has 0 aliphatic carbocycles. The van der Waals surface area contributed by atoms with Crippen LogP contribution in [0.2, 0.25) is 0 Å². The Kier molecular flexibility index (Phi) is 6.00. The third-order valence-electron chi connectivity index (χ3n) is 4.57. The van der Waals surface area contributed by atoms with Gasteiger partial charge in [0.2, 0.25) is 0 Å². The van der Waals surface area contributed by atoms with Crippen LogP contribution in [0.1, 0.15) is 31.1 Å². The third-order valence-corrected chi connectivity index (χ3v) is 5.70. The van der Waals surface area contributed by atoms with E-state index in [0.29, 0.717) is 30.0 Å². The van der Waals surface area contributed by atoms with E-state index in [1.807, 2.05) is 0 Å². The fourth-order valence-corrected chi connectivity index (χ4v) is 3.66. The molecular weight excluding hydrogens is 422 g/mol. The van der Waals surface area contributed by atoms with E-state index in [2.05, 4.69) is 0 Å². The van der Waals surface area contributed by atoms with E-state index >= 15 is 0 Å². The van der Waals surface area contributed by atoms with E-state index in [9.17, 15) is 23.1 Å². The van der Waals surface area contributed by atoms with E-state index in [1.54, 1.807) is 39.0 Å². The highest BCUT2D eigenvalue weighted by molar-refractivity contribution is 7.90. The number of carbonyl (C=O) groups is 2. The van der Waals surface area contributed by atoms with Crippen molar-refractivity contribution in [1.82, 2.24) is 4.90 Å². The second-order valence-electron chi connectivity index (χ2n) is 8.47. The number of hydrogen-bond donors (Lipinski definition) is 1. The summed E-state index contributed by atoms with van der Waals surface area (Å²) in [5, 5.41) is 9.46. The fourth-order valence-electron chi connectivity index (χ4n) is 3.03. The number of aromatic carboxylic acids is 1. The molecular formula is C22H25NO7S. The number of ether oxygens (including phenoxy) is 2. The summed E-state index contributed by atoms with van der Waals surface area (Å²) in [5.74, 6) is -0.751. The van der Waals surface area contributed by atoms with E-state index < -0.39 is 27.5 Å². The first-order chi connectivity index (χ1) is 14.3. The number of amides is 1. The van der Waals surface area contributed by atoms with Gasteiger partial charge in [-0.15, -0.1) is 0 Å². The fraction of sp³-hybridized carbons (Fsp3) is 0.364. The second kappa shape index (κ2) is 8.22. The van der Waals surface area contributed by atoms with Gasteiger partial charge in [0, 0.05) is 6.26 Å². The minimum absolute atomic E-state index is 0.0445. The average Bonchev–Trinajstić information content (AvgIpc) is 2.62. The van der Waals surface area contributed by atoms with E-state index in [4.69, 9.17) is 9.47 Å². The van der Waals surface area contributed by atoms with E-state index in [1.165, 1.54) is 29.2 Å². The predicted molar refractivity (Wildman–Crippen MR) is 114 cm³/mol. The first-order valence-electron chi connectivity index (χ1n) is 9.65. The molecule has 1 fully saturated rings. The predicted octanol–water partition coefficient (Wildman–Crippen LogP) is 3.45. The minimum atomic E-state index is -3.33. The maximum atomic E-state index is 12.0. The van der Waals surface area contributed by atoms with Crippen molar-refractivity contribution >= 4 is 21.9 Å². The van der Waals surface area contributed by atoms with Crippen LogP contribution >= 0.6 is 0 Å². The SMILES string of the molecule is CC(C)(C)OC(=O)N1CC(Oc2cc(C(=O)O)cc(-c3ccc(S(C)(=O)=O)cc3)c2)C1. The molecule has 1 aliphatic heterocycles. The molecule has 166 valence electrons. The van der Waals surface area contributed by atoms with Crippen LogP contribution in [0.3, 0.4) is 0 Å². The van der Waals surface area contributed by atoms with Crippen LogP contribution < -0.4 is 4.74 Å². The molecule has 8 nitrogen and oxygen atoms in total. The summed E-state index contributed by atoms with van der Waals surface area (Å²) in [5.41, 5.74) is 0.700. The Labute approximate surface area is 181 Å². The van der Waals surface area contributed by atoms with Gasteiger partial charge in [0.15, 0.2) is 9.84 Å². The number of rotatable bonds is 5. The quantitative estimate of drug-likeness (QED) is 0.747. The number of hydrogen-bond acceptors (Lipinski definition) is 6. The Bertz CT molecular complexity index is 1100. The Morgan fingerprint density at radius 2 is 1.65 bits per heavy atom. The number of benzene rings is 2. The molecule has 3 rings (SSSR count). The number of carboxylic acid groups (broad SMARTS) is 1. The highest BCUT2D eigenvalue weighted by Gasteiger charge is 2.35. The molecule has 0 spiro atoms. The van der Waals surface area contributed by atoms with Crippen LogP contribution in [-0.2, 0) is 14.6 Å². The molecule has 0 bridgehead atoms. The van der Waals surface area contributed by atoms with Gasteiger partial charge in [-0.3, -0.25) is 0 Å². The number of nitrogens with zero attached hydrogens (tertiary/aromatic N) is 1. The minimum Gasteiger partial charge on any atom is -0.487 e. The summed E-state index contributed by atoms with van der Waals surface area (Å²) < 4.78 is 34.5. The van der Waals surface area contributed by atoms with E-state index in [-0.39, 0.29) is 16.6 Å². The van der Waals surface area contributed by atoms with Crippen molar-refractivity contribution in [1.29, 1.82) is 0 Å². The first kappa shape index (κ1) is 22.6. The monoisotopic (exact) mass is 447 g/mol. The molecule has 0 saturated carbocycles. The molecule has 1 heterocycles. The van der Waals surface area contributed by atoms with Crippen molar-refractivity contribution in [2.45, 2.75) is 37.4 Å². The highest BCUT2D eigenvalue weighted by Crippen LogP contribution is 2.29. The number of likely N-dealkylation sites (tertiary alicyclic amines) is 1. The molecule has 1 aliphatic rings. The van der Waals surface area contributed by atoms with Gasteiger partial charge in [0.25, 0.3) is 0 Å². The Morgan fingerprint density at radius 1 is 1.03 bits per heavy atom. The molecule has 1 N–H and O–H groups in total. The summed E-state index contributed by atoms with van der Waals surface area (Å²) in [4.78, 5) is 25.3. The summed E-state index contributed by atoms with van der Waals surface area (Å²) in [6, 6.07) is 10.8. The smallest absolute Gasteiger partial charge is 0.410 e. The maximum absolute atomic E-state index is 12.0. The van der Waals surface area contributed by atoms with Crippen LogP contribution in [0.5, 0.6) is 5.75 Å². The van der Waals surface area contributed by atoms with Gasteiger partial charge in [-0.2, -0.15) is 0 Å². The molecule has 0 radical (unpaired) electrons. The Hall–Kier alpha value is -3.07. The summed E-state index contributed by atoms with van der Waals surface area (Å²) in [6.45, 7) is 6.05. The zero-order valence-electron chi connectivity index (χ0n) is 17.8. The molecule has 1 saturated heterocycles. The van der Waals surface area contributed by atoms with Gasteiger partial charge in [0.05, 0.1) is 23.5 Å². The van der Waals surface area contributed by atoms with Crippen molar-refractivity contribution < 1.29 is 32.6 Å². The molecule has 2 aromatic rings. The molecule has 9 heteroatoms. The standard InChI is InChI=1S/C22H25NO7S/c1-22(2,3)30-21(26)23-12-18(13-23)29-17-10-15(9-16(11-17)20(24)25)14-5-7-19(8-6-14)31(4,27)28/h5-11,18H,12-13H2,1-4H3,(H,24,25). The van der Waals surface area contributed by atoms with Crippen molar-refractivity contribution in [3.63, 3.8) is 0 Å². The molecule has 2 aromatic carbocycles. The van der Waals surface area contributed by atoms with Gasteiger partial charge in [-0.25, -0.2) is 18.0 Å². The van der Waals surface area contributed by atoms with Gasteiger partial charge < -0.3 is 19.5 Å². The largest absolute Gasteiger partial charge is 0.487 e. The molecule has 0 aromatic heterocycles. The molecule has 0 unspecified atom stereocenters. The van der Waals surface area contributed by atoms with Crippen LogP contribution in [0.25, 0.3) is 11.1 Å². The average molecular weight is 448 g/mol. The molecule has 1 amide bonds. The van der Waals surface area contributed by atoms with Crippen LogP contribution in [0, 0.1) is 0 Å². The van der Waals surface area contributed by atoms with Crippen LogP contribution in [-0.4, -0.2) is 61.5 Å². The number of sulfone groups is 1. The van der Waals surface area contributed by atoms with Crippen LogP contribution in [0.15, 0.2) is 47.4 Å². The van der Waals surface area contributed by atoms with E-state index in [0.717, 1.165) is 6.26 Å². The van der Waals surface area contributed by atoms with Crippen molar-refractivity contribution in [3.05, 3.63) is 48.0 Å². The zero-order valence-corrected chi connectivity index (χ0v) is 18.6. The summed E-state index contributed by atoms with van der Waals surface area (Å²) in [6.07, 6.45) is 0.424. The van der Waals surface area contributed by atoms with Gasteiger partial charge in [0.1, 0.15) is 17.5 Å². The van der Waals surface area contributed by atoms with Gasteiger partial charge >= 0.3 is 12.1 Å². The molecule has 0 atom stereocenters. The van der Waals surface area contributed by atoms with Gasteiger partial charge in [-0.05, 0) is 62.2 Å². The number of carbonyl (C=O) groups excluding carboxylic acids is 1. The first-order valence-corrected chi connectivity index (χ1v) is 11.5. The Balaban J connectivity index is 1.76. The normalized spacial score (nSPS) is 14.6. The Morgan fingerprint density at radius 3 is 2.16 bits per heavy atom. The number of carboxylic acids is 1. The topological polar surface area (TPSA) is 110 Å². The molecule has 31 heavy (non-hydrogen) atoms. The van der Waals surface area contributed by atoms with Gasteiger partial charge in [-0.1, -0.05) is 12.1 Å². The maximum Gasteiger partial charge on any atom is 0.410 e. The van der Waals surface area contributed by atoms with Crippen molar-refractivity contribution in [2.75, 3.05) is 19.3 Å².